The minimum atomic E-state index is -3.86. The van der Waals surface area contributed by atoms with Gasteiger partial charge in [-0.25, -0.2) is 8.42 Å². The van der Waals surface area contributed by atoms with Crippen LogP contribution in [0.25, 0.3) is 0 Å². The summed E-state index contributed by atoms with van der Waals surface area (Å²) in [6, 6.07) is 9.59. The summed E-state index contributed by atoms with van der Waals surface area (Å²) in [5.41, 5.74) is 0.871. The number of hydrogen-bond donors (Lipinski definition) is 1. The van der Waals surface area contributed by atoms with E-state index in [4.69, 9.17) is 32.7 Å². The number of fused-ring (bicyclic) bond motifs is 1. The van der Waals surface area contributed by atoms with Crippen molar-refractivity contribution in [3.63, 3.8) is 0 Å². The standard InChI is InChI=1S/C22H23Cl2NO5S/c23-16-3-5-17(6-4-16)31(27,28)22(8-1-2-9-22)21(26)25-10-7-15-13-18(24)20-19(14-15)29-11-12-30-20/h3-6,13-14H,1-2,7-12H2,(H,25,26). The van der Waals surface area contributed by atoms with Gasteiger partial charge in [0.05, 0.1) is 9.92 Å². The molecule has 9 heteroatoms. The largest absolute Gasteiger partial charge is 0.486 e. The monoisotopic (exact) mass is 483 g/mol. The molecule has 1 amide bonds. The molecule has 6 nitrogen and oxygen atoms in total. The molecule has 1 N–H and O–H groups in total. The Labute approximate surface area is 191 Å². The van der Waals surface area contributed by atoms with Gasteiger partial charge in [0.1, 0.15) is 13.2 Å². The average molecular weight is 484 g/mol. The Balaban J connectivity index is 1.49. The highest BCUT2D eigenvalue weighted by Gasteiger charge is 2.52. The molecule has 2 aliphatic rings. The van der Waals surface area contributed by atoms with E-state index in [0.717, 1.165) is 5.56 Å². The number of carbonyl (C=O) groups is 1. The average Bonchev–Trinajstić information content (AvgIpc) is 3.26. The van der Waals surface area contributed by atoms with Crippen LogP contribution in [0.5, 0.6) is 11.5 Å². The number of ether oxygens (including phenoxy) is 2. The third kappa shape index (κ3) is 4.23. The van der Waals surface area contributed by atoms with Gasteiger partial charge in [0.25, 0.3) is 0 Å². The number of rotatable bonds is 6. The maximum atomic E-state index is 13.4. The van der Waals surface area contributed by atoms with Crippen LogP contribution in [-0.2, 0) is 21.1 Å². The zero-order valence-electron chi connectivity index (χ0n) is 16.8. The minimum Gasteiger partial charge on any atom is -0.486 e. The van der Waals surface area contributed by atoms with Crippen molar-refractivity contribution in [1.29, 1.82) is 0 Å². The van der Waals surface area contributed by atoms with Gasteiger partial charge < -0.3 is 14.8 Å². The zero-order chi connectivity index (χ0) is 22.1. The molecule has 1 aliphatic carbocycles. The quantitative estimate of drug-likeness (QED) is 0.665. The molecule has 1 aliphatic heterocycles. The zero-order valence-corrected chi connectivity index (χ0v) is 19.2. The lowest BCUT2D eigenvalue weighted by molar-refractivity contribution is -0.123. The molecule has 31 heavy (non-hydrogen) atoms. The molecule has 0 spiro atoms. The van der Waals surface area contributed by atoms with Crippen LogP contribution in [0.4, 0.5) is 0 Å². The Morgan fingerprint density at radius 1 is 1.03 bits per heavy atom. The van der Waals surface area contributed by atoms with Crippen molar-refractivity contribution in [3.8, 4) is 11.5 Å². The van der Waals surface area contributed by atoms with Crippen LogP contribution < -0.4 is 14.8 Å². The number of hydrogen-bond acceptors (Lipinski definition) is 5. The summed E-state index contributed by atoms with van der Waals surface area (Å²) in [5.74, 6) is 0.654. The van der Waals surface area contributed by atoms with Crippen molar-refractivity contribution in [2.24, 2.45) is 0 Å². The fourth-order valence-electron chi connectivity index (χ4n) is 4.19. The van der Waals surface area contributed by atoms with E-state index in [1.807, 2.05) is 6.07 Å². The number of halogens is 2. The summed E-state index contributed by atoms with van der Waals surface area (Å²) >= 11 is 12.2. The summed E-state index contributed by atoms with van der Waals surface area (Å²) in [4.78, 5) is 13.3. The van der Waals surface area contributed by atoms with Crippen molar-refractivity contribution in [2.75, 3.05) is 19.8 Å². The molecule has 1 saturated carbocycles. The topological polar surface area (TPSA) is 81.7 Å². The number of sulfone groups is 1. The Hall–Kier alpha value is -1.96. The fraction of sp³-hybridized carbons (Fsp3) is 0.409. The van der Waals surface area contributed by atoms with Crippen molar-refractivity contribution >= 4 is 38.9 Å². The molecule has 0 unspecified atom stereocenters. The van der Waals surface area contributed by atoms with Crippen LogP contribution >= 0.6 is 23.2 Å². The molecule has 1 fully saturated rings. The van der Waals surface area contributed by atoms with Crippen LogP contribution in [0.3, 0.4) is 0 Å². The van der Waals surface area contributed by atoms with E-state index in [1.54, 1.807) is 6.07 Å². The molecular formula is C22H23Cl2NO5S. The highest BCUT2D eigenvalue weighted by Crippen LogP contribution is 2.41. The molecule has 2 aromatic carbocycles. The predicted molar refractivity (Wildman–Crippen MR) is 119 cm³/mol. The summed E-state index contributed by atoms with van der Waals surface area (Å²) in [5, 5.41) is 3.74. The van der Waals surface area contributed by atoms with Crippen LogP contribution in [0.2, 0.25) is 10.0 Å². The van der Waals surface area contributed by atoms with Crippen LogP contribution in [0.1, 0.15) is 31.2 Å². The minimum absolute atomic E-state index is 0.118. The van der Waals surface area contributed by atoms with Crippen LogP contribution in [0.15, 0.2) is 41.3 Å². The van der Waals surface area contributed by atoms with Gasteiger partial charge in [-0.15, -0.1) is 0 Å². The summed E-state index contributed by atoms with van der Waals surface area (Å²) in [7, 11) is -3.86. The van der Waals surface area contributed by atoms with Crippen molar-refractivity contribution in [2.45, 2.75) is 41.7 Å². The lowest BCUT2D eigenvalue weighted by Crippen LogP contribution is -2.51. The smallest absolute Gasteiger partial charge is 0.241 e. The molecule has 166 valence electrons. The molecule has 0 bridgehead atoms. The Morgan fingerprint density at radius 3 is 2.42 bits per heavy atom. The first-order chi connectivity index (χ1) is 14.8. The molecule has 0 saturated heterocycles. The van der Waals surface area contributed by atoms with E-state index in [2.05, 4.69) is 5.32 Å². The predicted octanol–water partition coefficient (Wildman–Crippen LogP) is 4.21. The van der Waals surface area contributed by atoms with E-state index in [1.165, 1.54) is 24.3 Å². The number of benzene rings is 2. The van der Waals surface area contributed by atoms with Gasteiger partial charge in [-0.3, -0.25) is 4.79 Å². The number of carbonyl (C=O) groups excluding carboxylic acids is 1. The molecule has 1 heterocycles. The third-order valence-electron chi connectivity index (χ3n) is 5.82. The highest BCUT2D eigenvalue weighted by atomic mass is 35.5. The molecule has 0 radical (unpaired) electrons. The van der Waals surface area contributed by atoms with E-state index in [-0.39, 0.29) is 11.4 Å². The van der Waals surface area contributed by atoms with Gasteiger partial charge in [0.15, 0.2) is 26.1 Å². The molecule has 0 aromatic heterocycles. The van der Waals surface area contributed by atoms with Gasteiger partial charge in [-0.2, -0.15) is 0 Å². The Bertz CT molecular complexity index is 1080. The summed E-state index contributed by atoms with van der Waals surface area (Å²) < 4.78 is 36.4. The summed E-state index contributed by atoms with van der Waals surface area (Å²) in [6.07, 6.45) is 2.48. The second-order valence-electron chi connectivity index (χ2n) is 7.77. The normalized spacial score (nSPS) is 17.4. The number of amides is 1. The second-order valence-corrected chi connectivity index (χ2v) is 10.9. The van der Waals surface area contributed by atoms with Crippen LogP contribution in [0, 0.1) is 0 Å². The molecule has 4 rings (SSSR count). The maximum Gasteiger partial charge on any atom is 0.241 e. The van der Waals surface area contributed by atoms with Crippen molar-refractivity contribution < 1.29 is 22.7 Å². The summed E-state index contributed by atoms with van der Waals surface area (Å²) in [6.45, 7) is 1.19. The van der Waals surface area contributed by atoms with Gasteiger partial charge in [0.2, 0.25) is 5.91 Å². The SMILES string of the molecule is O=C(NCCc1cc(Cl)c2c(c1)OCCO2)C1(S(=O)(=O)c2ccc(Cl)cc2)CCCC1. The fourth-order valence-corrected chi connectivity index (χ4v) is 6.70. The second kappa shape index (κ2) is 8.88. The van der Waals surface area contributed by atoms with Gasteiger partial charge in [0, 0.05) is 11.6 Å². The molecule has 0 atom stereocenters. The Kier molecular flexibility index (Phi) is 6.37. The van der Waals surface area contributed by atoms with Crippen LogP contribution in [-0.4, -0.2) is 38.8 Å². The molecule has 2 aromatic rings. The first-order valence-electron chi connectivity index (χ1n) is 10.2. The highest BCUT2D eigenvalue weighted by molar-refractivity contribution is 7.93. The lowest BCUT2D eigenvalue weighted by atomic mass is 10.1. The van der Waals surface area contributed by atoms with E-state index in [0.29, 0.717) is 66.9 Å². The van der Waals surface area contributed by atoms with Crippen molar-refractivity contribution in [3.05, 3.63) is 52.0 Å². The first kappa shape index (κ1) is 22.2. The molecular weight excluding hydrogens is 461 g/mol. The van der Waals surface area contributed by atoms with Gasteiger partial charge >= 0.3 is 0 Å². The Morgan fingerprint density at radius 2 is 1.71 bits per heavy atom. The van der Waals surface area contributed by atoms with E-state index < -0.39 is 20.5 Å². The number of nitrogens with one attached hydrogen (secondary N) is 1. The first-order valence-corrected chi connectivity index (χ1v) is 12.4. The van der Waals surface area contributed by atoms with Crippen molar-refractivity contribution in [1.82, 2.24) is 5.32 Å². The van der Waals surface area contributed by atoms with Gasteiger partial charge in [-0.1, -0.05) is 36.0 Å². The third-order valence-corrected chi connectivity index (χ3v) is 8.87. The van der Waals surface area contributed by atoms with E-state index >= 15 is 0 Å². The lowest BCUT2D eigenvalue weighted by Gasteiger charge is -2.27. The maximum absolute atomic E-state index is 13.4. The van der Waals surface area contributed by atoms with Gasteiger partial charge in [-0.05, 0) is 61.2 Å². The van der Waals surface area contributed by atoms with E-state index in [9.17, 15) is 13.2 Å².